The highest BCUT2D eigenvalue weighted by molar-refractivity contribution is 4.71. The average molecular weight is 201 g/mol. The minimum absolute atomic E-state index is 0.463. The second-order valence-electron chi connectivity index (χ2n) is 4.07. The molecule has 0 fully saturated rings. The van der Waals surface area contributed by atoms with Crippen LogP contribution in [0.5, 0.6) is 0 Å². The van der Waals surface area contributed by atoms with Crippen LogP contribution in [0.15, 0.2) is 0 Å². The third-order valence-corrected chi connectivity index (χ3v) is 2.79. The molecule has 0 aromatic carbocycles. The fourth-order valence-electron chi connectivity index (χ4n) is 1.54. The van der Waals surface area contributed by atoms with E-state index in [1.165, 1.54) is 0 Å². The van der Waals surface area contributed by atoms with Gasteiger partial charge in [-0.3, -0.25) is 0 Å². The number of nitrogens with two attached hydrogens (primary N) is 1. The van der Waals surface area contributed by atoms with E-state index in [-0.39, 0.29) is 0 Å². The van der Waals surface area contributed by atoms with Gasteiger partial charge in [0.05, 0.1) is 0 Å². The lowest BCUT2D eigenvalue weighted by Gasteiger charge is -2.23. The van der Waals surface area contributed by atoms with Crippen LogP contribution in [0.2, 0.25) is 0 Å². The molecule has 3 heteroatoms. The van der Waals surface area contributed by atoms with Crippen molar-refractivity contribution in [2.45, 2.75) is 33.7 Å². The minimum Gasteiger partial charge on any atom is -0.329 e. The van der Waals surface area contributed by atoms with Crippen molar-refractivity contribution in [2.75, 3.05) is 32.7 Å². The summed E-state index contributed by atoms with van der Waals surface area (Å²) < 4.78 is 0. The van der Waals surface area contributed by atoms with Crippen molar-refractivity contribution in [1.29, 1.82) is 0 Å². The number of rotatable bonds is 8. The first-order chi connectivity index (χ1) is 6.65. The maximum Gasteiger partial charge on any atom is 0.0213 e. The summed E-state index contributed by atoms with van der Waals surface area (Å²) in [5, 5.41) is 3.50. The standard InChI is InChI=1S/C11H27N3/c1-5-14(6-2)8-7-13-11(9-12)10(3)4/h10-11,13H,5-9,12H2,1-4H3. The number of nitrogens with zero attached hydrogens (tertiary/aromatic N) is 1. The van der Waals surface area contributed by atoms with Gasteiger partial charge < -0.3 is 16.0 Å². The number of nitrogens with one attached hydrogen (secondary N) is 1. The molecule has 0 aromatic heterocycles. The topological polar surface area (TPSA) is 41.3 Å². The average Bonchev–Trinajstić information content (AvgIpc) is 2.18. The van der Waals surface area contributed by atoms with Crippen molar-refractivity contribution in [3.63, 3.8) is 0 Å². The minimum atomic E-state index is 0.463. The third kappa shape index (κ3) is 5.58. The molecule has 0 amide bonds. The summed E-state index contributed by atoms with van der Waals surface area (Å²) in [6.45, 7) is 14.0. The van der Waals surface area contributed by atoms with Crippen molar-refractivity contribution in [3.05, 3.63) is 0 Å². The normalized spacial score (nSPS) is 13.9. The van der Waals surface area contributed by atoms with Gasteiger partial charge in [-0.1, -0.05) is 27.7 Å². The van der Waals surface area contributed by atoms with E-state index >= 15 is 0 Å². The van der Waals surface area contributed by atoms with Crippen molar-refractivity contribution >= 4 is 0 Å². The van der Waals surface area contributed by atoms with Crippen LogP contribution in [-0.4, -0.2) is 43.7 Å². The van der Waals surface area contributed by atoms with Gasteiger partial charge in [0.15, 0.2) is 0 Å². The Labute approximate surface area is 89.0 Å². The molecule has 0 rings (SSSR count). The summed E-state index contributed by atoms with van der Waals surface area (Å²) in [5.74, 6) is 0.622. The maximum atomic E-state index is 5.68. The summed E-state index contributed by atoms with van der Waals surface area (Å²) in [6.07, 6.45) is 0. The molecular weight excluding hydrogens is 174 g/mol. The molecule has 3 nitrogen and oxygen atoms in total. The van der Waals surface area contributed by atoms with Crippen LogP contribution in [0.25, 0.3) is 0 Å². The van der Waals surface area contributed by atoms with Crippen molar-refractivity contribution < 1.29 is 0 Å². The smallest absolute Gasteiger partial charge is 0.0213 e. The summed E-state index contributed by atoms with van der Waals surface area (Å²) in [4.78, 5) is 2.42. The molecule has 0 bridgehead atoms. The first-order valence-corrected chi connectivity index (χ1v) is 5.81. The van der Waals surface area contributed by atoms with Crippen LogP contribution in [-0.2, 0) is 0 Å². The molecule has 86 valence electrons. The molecule has 0 heterocycles. The van der Waals surface area contributed by atoms with Crippen molar-refractivity contribution in [2.24, 2.45) is 11.7 Å². The largest absolute Gasteiger partial charge is 0.329 e. The fourth-order valence-corrected chi connectivity index (χ4v) is 1.54. The van der Waals surface area contributed by atoms with Crippen molar-refractivity contribution in [1.82, 2.24) is 10.2 Å². The Morgan fingerprint density at radius 1 is 1.21 bits per heavy atom. The van der Waals surface area contributed by atoms with Gasteiger partial charge in [-0.2, -0.15) is 0 Å². The zero-order chi connectivity index (χ0) is 11.0. The summed E-state index contributed by atoms with van der Waals surface area (Å²) in [7, 11) is 0. The molecule has 3 N–H and O–H groups in total. The third-order valence-electron chi connectivity index (χ3n) is 2.79. The van der Waals surface area contributed by atoms with Gasteiger partial charge in [0.25, 0.3) is 0 Å². The second kappa shape index (κ2) is 8.21. The number of hydrogen-bond acceptors (Lipinski definition) is 3. The summed E-state index contributed by atoms with van der Waals surface area (Å²) >= 11 is 0. The number of likely N-dealkylation sites (N-methyl/N-ethyl adjacent to an activating group) is 1. The molecule has 0 aliphatic rings. The molecule has 1 atom stereocenters. The SMILES string of the molecule is CCN(CC)CCNC(CN)C(C)C. The lowest BCUT2D eigenvalue weighted by Crippen LogP contribution is -2.43. The van der Waals surface area contributed by atoms with Crippen molar-refractivity contribution in [3.8, 4) is 0 Å². The van der Waals surface area contributed by atoms with E-state index < -0.39 is 0 Å². The Morgan fingerprint density at radius 3 is 2.14 bits per heavy atom. The van der Waals surface area contributed by atoms with E-state index in [1.807, 2.05) is 0 Å². The van der Waals surface area contributed by atoms with Gasteiger partial charge in [0.2, 0.25) is 0 Å². The highest BCUT2D eigenvalue weighted by Crippen LogP contribution is 1.98. The Kier molecular flexibility index (Phi) is 8.14. The van der Waals surface area contributed by atoms with Gasteiger partial charge in [-0.25, -0.2) is 0 Å². The lowest BCUT2D eigenvalue weighted by atomic mass is 10.1. The van der Waals surface area contributed by atoms with Gasteiger partial charge in [0, 0.05) is 25.7 Å². The van der Waals surface area contributed by atoms with Crippen LogP contribution in [0.3, 0.4) is 0 Å². The van der Waals surface area contributed by atoms with Crippen LogP contribution in [0.4, 0.5) is 0 Å². The van der Waals surface area contributed by atoms with Gasteiger partial charge in [-0.15, -0.1) is 0 Å². The zero-order valence-electron chi connectivity index (χ0n) is 10.2. The van der Waals surface area contributed by atoms with Gasteiger partial charge >= 0.3 is 0 Å². The van der Waals surface area contributed by atoms with E-state index in [0.717, 1.165) is 32.7 Å². The maximum absolute atomic E-state index is 5.68. The molecule has 0 aliphatic carbocycles. The first-order valence-electron chi connectivity index (χ1n) is 5.81. The molecular formula is C11H27N3. The second-order valence-corrected chi connectivity index (χ2v) is 4.07. The van der Waals surface area contributed by atoms with E-state index in [2.05, 4.69) is 37.9 Å². The van der Waals surface area contributed by atoms with E-state index in [1.54, 1.807) is 0 Å². The molecule has 0 saturated heterocycles. The molecule has 0 saturated carbocycles. The Morgan fingerprint density at radius 2 is 1.79 bits per heavy atom. The Bertz CT molecular complexity index is 122. The Hall–Kier alpha value is -0.120. The van der Waals surface area contributed by atoms with Crippen LogP contribution < -0.4 is 11.1 Å². The van der Waals surface area contributed by atoms with E-state index in [0.29, 0.717) is 12.0 Å². The summed E-state index contributed by atoms with van der Waals surface area (Å²) in [5.41, 5.74) is 5.68. The molecule has 0 spiro atoms. The molecule has 0 aliphatic heterocycles. The molecule has 1 unspecified atom stereocenters. The van der Waals surface area contributed by atoms with Gasteiger partial charge in [-0.05, 0) is 19.0 Å². The first kappa shape index (κ1) is 13.9. The van der Waals surface area contributed by atoms with Crippen LogP contribution >= 0.6 is 0 Å². The fraction of sp³-hybridized carbons (Fsp3) is 1.00. The zero-order valence-corrected chi connectivity index (χ0v) is 10.2. The Balaban J connectivity index is 3.59. The quantitative estimate of drug-likeness (QED) is 0.613. The lowest BCUT2D eigenvalue weighted by molar-refractivity contribution is 0.288. The number of hydrogen-bond donors (Lipinski definition) is 2. The highest BCUT2D eigenvalue weighted by atomic mass is 15.1. The monoisotopic (exact) mass is 201 g/mol. The summed E-state index contributed by atoms with van der Waals surface area (Å²) in [6, 6.07) is 0.463. The van der Waals surface area contributed by atoms with E-state index in [4.69, 9.17) is 5.73 Å². The molecule has 0 aromatic rings. The molecule has 0 radical (unpaired) electrons. The van der Waals surface area contributed by atoms with E-state index in [9.17, 15) is 0 Å². The van der Waals surface area contributed by atoms with Crippen LogP contribution in [0, 0.1) is 5.92 Å². The molecule has 14 heavy (non-hydrogen) atoms. The predicted octanol–water partition coefficient (Wildman–Crippen LogP) is 0.901. The highest BCUT2D eigenvalue weighted by Gasteiger charge is 2.09. The van der Waals surface area contributed by atoms with Gasteiger partial charge in [0.1, 0.15) is 0 Å². The van der Waals surface area contributed by atoms with Crippen LogP contribution in [0.1, 0.15) is 27.7 Å². The predicted molar refractivity (Wildman–Crippen MR) is 63.5 cm³/mol.